The molecule has 0 rings (SSSR count). The second-order valence-corrected chi connectivity index (χ2v) is 4.40. The molecule has 0 fully saturated rings. The van der Waals surface area contributed by atoms with Crippen LogP contribution in [0.4, 0.5) is 0 Å². The highest BCUT2D eigenvalue weighted by Gasteiger charge is 2.08. The van der Waals surface area contributed by atoms with E-state index in [1.807, 2.05) is 0 Å². The van der Waals surface area contributed by atoms with Crippen LogP contribution in [-0.4, -0.2) is 29.5 Å². The third-order valence-electron chi connectivity index (χ3n) is 2.75. The van der Waals surface area contributed by atoms with Crippen molar-refractivity contribution in [2.45, 2.75) is 52.0 Å². The first-order valence-electron chi connectivity index (χ1n) is 5.60. The second kappa shape index (κ2) is 8.18. The lowest BCUT2D eigenvalue weighted by molar-refractivity contribution is 0.226. The predicted octanol–water partition coefficient (Wildman–Crippen LogP) is 2.56. The molecule has 0 unspecified atom stereocenters. The number of nitrogens with two attached hydrogens (primary N) is 1. The molecule has 0 amide bonds. The molecule has 2 N–H and O–H groups in total. The Morgan fingerprint density at radius 3 is 2.29 bits per heavy atom. The fourth-order valence-corrected chi connectivity index (χ4v) is 1.90. The maximum atomic E-state index is 5.44. The highest BCUT2D eigenvalue weighted by Crippen LogP contribution is 2.07. The van der Waals surface area contributed by atoms with Gasteiger partial charge in [-0.05, 0) is 45.7 Å². The van der Waals surface area contributed by atoms with Gasteiger partial charge in [-0.15, -0.1) is 0 Å². The van der Waals surface area contributed by atoms with E-state index in [1.54, 1.807) is 0 Å². The Bertz CT molecular complexity index is 155. The quantitative estimate of drug-likeness (QED) is 0.499. The van der Waals surface area contributed by atoms with Gasteiger partial charge in [-0.2, -0.15) is 0 Å². The van der Waals surface area contributed by atoms with Gasteiger partial charge in [0.05, 0.1) is 4.99 Å². The van der Waals surface area contributed by atoms with Crippen LogP contribution < -0.4 is 5.73 Å². The number of hydrogen-bond acceptors (Lipinski definition) is 2. The van der Waals surface area contributed by atoms with Gasteiger partial charge in [0, 0.05) is 6.04 Å². The van der Waals surface area contributed by atoms with Crippen LogP contribution in [0.15, 0.2) is 0 Å². The lowest BCUT2D eigenvalue weighted by Crippen LogP contribution is -2.31. The molecule has 84 valence electrons. The summed E-state index contributed by atoms with van der Waals surface area (Å²) in [6.45, 7) is 5.66. The van der Waals surface area contributed by atoms with Crippen molar-refractivity contribution >= 4 is 17.2 Å². The van der Waals surface area contributed by atoms with Crippen LogP contribution in [0.5, 0.6) is 0 Å². The minimum atomic E-state index is 0.648. The zero-order valence-corrected chi connectivity index (χ0v) is 10.6. The van der Waals surface area contributed by atoms with E-state index >= 15 is 0 Å². The molecule has 0 aliphatic heterocycles. The van der Waals surface area contributed by atoms with Gasteiger partial charge >= 0.3 is 0 Å². The van der Waals surface area contributed by atoms with Gasteiger partial charge in [0.1, 0.15) is 0 Å². The maximum absolute atomic E-state index is 5.44. The number of nitrogens with zero attached hydrogens (tertiary/aromatic N) is 1. The van der Waals surface area contributed by atoms with Crippen LogP contribution in [0, 0.1) is 0 Å². The fourth-order valence-electron chi connectivity index (χ4n) is 1.76. The monoisotopic (exact) mass is 216 g/mol. The number of thiocarbonyl (C=S) groups is 1. The standard InChI is InChI=1S/C11H24N2S/c1-4-10(5-2)13(3)9-7-6-8-11(12)14/h10H,4-9H2,1-3H3,(H2,12,14). The molecular formula is C11H24N2S. The summed E-state index contributed by atoms with van der Waals surface area (Å²) in [5, 5.41) is 0. The number of hydrogen-bond donors (Lipinski definition) is 1. The highest BCUT2D eigenvalue weighted by atomic mass is 32.1. The number of rotatable bonds is 8. The van der Waals surface area contributed by atoms with Gasteiger partial charge < -0.3 is 10.6 Å². The minimum absolute atomic E-state index is 0.648. The summed E-state index contributed by atoms with van der Waals surface area (Å²) in [6.07, 6.45) is 5.70. The molecular weight excluding hydrogens is 192 g/mol. The summed E-state index contributed by atoms with van der Waals surface area (Å²) in [5.74, 6) is 0. The van der Waals surface area contributed by atoms with Crippen LogP contribution in [-0.2, 0) is 0 Å². The SMILES string of the molecule is CCC(CC)N(C)CCCCC(N)=S. The summed E-state index contributed by atoms with van der Waals surface area (Å²) in [5.41, 5.74) is 5.44. The summed E-state index contributed by atoms with van der Waals surface area (Å²) in [7, 11) is 2.21. The molecule has 0 aromatic heterocycles. The van der Waals surface area contributed by atoms with Crippen molar-refractivity contribution in [1.29, 1.82) is 0 Å². The van der Waals surface area contributed by atoms with E-state index in [1.165, 1.54) is 19.3 Å². The molecule has 0 saturated carbocycles. The topological polar surface area (TPSA) is 29.3 Å². The highest BCUT2D eigenvalue weighted by molar-refractivity contribution is 7.80. The fraction of sp³-hybridized carbons (Fsp3) is 0.909. The third-order valence-corrected chi connectivity index (χ3v) is 2.95. The average molecular weight is 216 g/mol. The molecule has 0 aromatic rings. The smallest absolute Gasteiger partial charge is 0.0727 e. The summed E-state index contributed by atoms with van der Waals surface area (Å²) < 4.78 is 0. The van der Waals surface area contributed by atoms with Crippen molar-refractivity contribution in [1.82, 2.24) is 4.90 Å². The molecule has 0 aliphatic carbocycles. The van der Waals surface area contributed by atoms with Crippen molar-refractivity contribution in [3.8, 4) is 0 Å². The zero-order chi connectivity index (χ0) is 11.0. The van der Waals surface area contributed by atoms with Crippen LogP contribution in [0.1, 0.15) is 46.0 Å². The van der Waals surface area contributed by atoms with E-state index in [0.29, 0.717) is 4.99 Å². The first-order valence-corrected chi connectivity index (χ1v) is 6.01. The Balaban J connectivity index is 3.51. The molecule has 0 spiro atoms. The molecule has 0 bridgehead atoms. The summed E-state index contributed by atoms with van der Waals surface area (Å²) in [4.78, 5) is 3.09. The Hall–Kier alpha value is -0.150. The van der Waals surface area contributed by atoms with E-state index < -0.39 is 0 Å². The summed E-state index contributed by atoms with van der Waals surface area (Å²) >= 11 is 4.84. The summed E-state index contributed by atoms with van der Waals surface area (Å²) in [6, 6.07) is 0.736. The van der Waals surface area contributed by atoms with E-state index in [9.17, 15) is 0 Å². The Kier molecular flexibility index (Phi) is 8.09. The first-order chi connectivity index (χ1) is 6.61. The van der Waals surface area contributed by atoms with Crippen LogP contribution >= 0.6 is 12.2 Å². The van der Waals surface area contributed by atoms with Crippen molar-refractivity contribution < 1.29 is 0 Å². The lowest BCUT2D eigenvalue weighted by atomic mass is 10.1. The molecule has 0 radical (unpaired) electrons. The van der Waals surface area contributed by atoms with Gasteiger partial charge in [0.2, 0.25) is 0 Å². The minimum Gasteiger partial charge on any atom is -0.393 e. The molecule has 0 aromatic carbocycles. The molecule has 14 heavy (non-hydrogen) atoms. The first kappa shape index (κ1) is 13.8. The Labute approximate surface area is 93.8 Å². The van der Waals surface area contributed by atoms with Crippen molar-refractivity contribution in [2.75, 3.05) is 13.6 Å². The number of unbranched alkanes of at least 4 members (excludes halogenated alkanes) is 1. The molecule has 2 nitrogen and oxygen atoms in total. The van der Waals surface area contributed by atoms with Crippen molar-refractivity contribution in [3.63, 3.8) is 0 Å². The normalized spacial score (nSPS) is 11.2. The average Bonchev–Trinajstić information content (AvgIpc) is 2.14. The van der Waals surface area contributed by atoms with Crippen molar-refractivity contribution in [2.24, 2.45) is 5.73 Å². The van der Waals surface area contributed by atoms with E-state index in [0.717, 1.165) is 25.4 Å². The molecule has 0 saturated heterocycles. The Morgan fingerprint density at radius 1 is 1.29 bits per heavy atom. The van der Waals surface area contributed by atoms with Gasteiger partial charge in [-0.25, -0.2) is 0 Å². The molecule has 3 heteroatoms. The predicted molar refractivity (Wildman–Crippen MR) is 67.6 cm³/mol. The van der Waals surface area contributed by atoms with Crippen LogP contribution in [0.3, 0.4) is 0 Å². The van der Waals surface area contributed by atoms with E-state index in [4.69, 9.17) is 18.0 Å². The van der Waals surface area contributed by atoms with Crippen molar-refractivity contribution in [3.05, 3.63) is 0 Å². The largest absolute Gasteiger partial charge is 0.393 e. The van der Waals surface area contributed by atoms with Gasteiger partial charge in [-0.1, -0.05) is 26.1 Å². The van der Waals surface area contributed by atoms with E-state index in [2.05, 4.69) is 25.8 Å². The second-order valence-electron chi connectivity index (χ2n) is 3.87. The lowest BCUT2D eigenvalue weighted by Gasteiger charge is -2.25. The molecule has 0 heterocycles. The Morgan fingerprint density at radius 2 is 1.86 bits per heavy atom. The van der Waals surface area contributed by atoms with Crippen LogP contribution in [0.25, 0.3) is 0 Å². The van der Waals surface area contributed by atoms with Gasteiger partial charge in [-0.3, -0.25) is 0 Å². The zero-order valence-electron chi connectivity index (χ0n) is 9.75. The van der Waals surface area contributed by atoms with E-state index in [-0.39, 0.29) is 0 Å². The molecule has 0 aliphatic rings. The maximum Gasteiger partial charge on any atom is 0.0727 e. The third kappa shape index (κ3) is 6.33. The van der Waals surface area contributed by atoms with Crippen LogP contribution in [0.2, 0.25) is 0 Å². The van der Waals surface area contributed by atoms with Gasteiger partial charge in [0.15, 0.2) is 0 Å². The molecule has 0 atom stereocenters. The van der Waals surface area contributed by atoms with Gasteiger partial charge in [0.25, 0.3) is 0 Å².